The summed E-state index contributed by atoms with van der Waals surface area (Å²) >= 11 is 4.74. The molecule has 2 atom stereocenters. The number of nitrogens with zero attached hydrogens (tertiary/aromatic N) is 1. The molecule has 1 aromatic rings. The van der Waals surface area contributed by atoms with E-state index in [0.29, 0.717) is 28.4 Å². The SMILES string of the molecule is NCc1cc(S(=O)(=O)N2CCOC3CCCC32)c(Br)s1. The van der Waals surface area contributed by atoms with Crippen molar-refractivity contribution in [3.05, 3.63) is 14.7 Å². The fraction of sp³-hybridized carbons (Fsp3) is 0.667. The lowest BCUT2D eigenvalue weighted by Crippen LogP contribution is -2.51. The van der Waals surface area contributed by atoms with Crippen LogP contribution in [0.25, 0.3) is 0 Å². The van der Waals surface area contributed by atoms with E-state index >= 15 is 0 Å². The van der Waals surface area contributed by atoms with Crippen molar-refractivity contribution >= 4 is 37.3 Å². The van der Waals surface area contributed by atoms with Gasteiger partial charge in [-0.3, -0.25) is 0 Å². The third-order valence-electron chi connectivity index (χ3n) is 3.93. The van der Waals surface area contributed by atoms with Gasteiger partial charge in [-0.25, -0.2) is 8.42 Å². The number of morpholine rings is 1. The van der Waals surface area contributed by atoms with E-state index in [9.17, 15) is 8.42 Å². The summed E-state index contributed by atoms with van der Waals surface area (Å²) in [5.41, 5.74) is 5.60. The molecule has 0 aromatic carbocycles. The van der Waals surface area contributed by atoms with Gasteiger partial charge in [0, 0.05) is 18.0 Å². The Bertz CT molecular complexity index is 602. The van der Waals surface area contributed by atoms with Gasteiger partial charge in [0.05, 0.1) is 22.5 Å². The number of sulfonamides is 1. The molecule has 8 heteroatoms. The van der Waals surface area contributed by atoms with Crippen molar-refractivity contribution in [2.75, 3.05) is 13.2 Å². The van der Waals surface area contributed by atoms with Gasteiger partial charge in [-0.05, 0) is 41.3 Å². The lowest BCUT2D eigenvalue weighted by Gasteiger charge is -2.36. The summed E-state index contributed by atoms with van der Waals surface area (Å²) in [5.74, 6) is 0. The summed E-state index contributed by atoms with van der Waals surface area (Å²) in [6, 6.07) is 1.67. The summed E-state index contributed by atoms with van der Waals surface area (Å²) in [6.45, 7) is 1.27. The van der Waals surface area contributed by atoms with Gasteiger partial charge in [0.15, 0.2) is 0 Å². The third-order valence-corrected chi connectivity index (χ3v) is 8.12. The number of rotatable bonds is 3. The van der Waals surface area contributed by atoms with Gasteiger partial charge in [-0.15, -0.1) is 11.3 Å². The Morgan fingerprint density at radius 1 is 1.50 bits per heavy atom. The molecule has 1 saturated heterocycles. The average Bonchev–Trinajstić information content (AvgIpc) is 3.03. The molecule has 0 spiro atoms. The number of halogens is 1. The minimum absolute atomic E-state index is 0.0122. The van der Waals surface area contributed by atoms with Crippen LogP contribution in [0.2, 0.25) is 0 Å². The van der Waals surface area contributed by atoms with Crippen LogP contribution >= 0.6 is 27.3 Å². The highest BCUT2D eigenvalue weighted by Crippen LogP contribution is 2.38. The Morgan fingerprint density at radius 3 is 3.00 bits per heavy atom. The Kier molecular flexibility index (Phi) is 4.22. The predicted octanol–water partition coefficient (Wildman–Crippen LogP) is 1.91. The molecule has 2 unspecified atom stereocenters. The number of ether oxygens (including phenoxy) is 1. The average molecular weight is 381 g/mol. The van der Waals surface area contributed by atoms with Crippen molar-refractivity contribution in [3.63, 3.8) is 0 Å². The van der Waals surface area contributed by atoms with Gasteiger partial charge in [0.1, 0.15) is 4.90 Å². The first-order chi connectivity index (χ1) is 9.54. The molecule has 2 heterocycles. The van der Waals surface area contributed by atoms with Gasteiger partial charge >= 0.3 is 0 Å². The number of fused-ring (bicyclic) bond motifs is 1. The predicted molar refractivity (Wildman–Crippen MR) is 81.2 cm³/mol. The van der Waals surface area contributed by atoms with Crippen molar-refractivity contribution in [2.24, 2.45) is 5.73 Å². The maximum Gasteiger partial charge on any atom is 0.245 e. The molecule has 112 valence electrons. The Hall–Kier alpha value is 0.01000. The first-order valence-electron chi connectivity index (χ1n) is 6.66. The molecule has 3 rings (SSSR count). The van der Waals surface area contributed by atoms with E-state index in [2.05, 4.69) is 15.9 Å². The molecule has 0 bridgehead atoms. The molecule has 1 aliphatic carbocycles. The number of hydrogen-bond acceptors (Lipinski definition) is 5. The van der Waals surface area contributed by atoms with Crippen LogP contribution in [-0.4, -0.2) is 38.0 Å². The smallest absolute Gasteiger partial charge is 0.245 e. The molecule has 1 aliphatic heterocycles. The lowest BCUT2D eigenvalue weighted by atomic mass is 10.2. The molecular formula is C12H17BrN2O3S2. The molecule has 0 radical (unpaired) electrons. The van der Waals surface area contributed by atoms with E-state index < -0.39 is 10.0 Å². The fourth-order valence-electron chi connectivity index (χ4n) is 2.99. The zero-order valence-corrected chi connectivity index (χ0v) is 14.1. The van der Waals surface area contributed by atoms with Gasteiger partial charge < -0.3 is 10.5 Å². The largest absolute Gasteiger partial charge is 0.375 e. The third kappa shape index (κ3) is 2.46. The minimum atomic E-state index is -3.47. The molecule has 2 aliphatic rings. The topological polar surface area (TPSA) is 72.6 Å². The Labute approximate surface area is 131 Å². The second-order valence-electron chi connectivity index (χ2n) is 5.08. The molecule has 5 nitrogen and oxygen atoms in total. The van der Waals surface area contributed by atoms with Crippen LogP contribution in [0.1, 0.15) is 24.1 Å². The highest BCUT2D eigenvalue weighted by atomic mass is 79.9. The van der Waals surface area contributed by atoms with E-state index in [1.165, 1.54) is 11.3 Å². The van der Waals surface area contributed by atoms with Crippen LogP contribution in [0.3, 0.4) is 0 Å². The van der Waals surface area contributed by atoms with Gasteiger partial charge in [0.25, 0.3) is 0 Å². The molecule has 20 heavy (non-hydrogen) atoms. The Morgan fingerprint density at radius 2 is 2.30 bits per heavy atom. The van der Waals surface area contributed by atoms with Crippen molar-refractivity contribution in [2.45, 2.75) is 42.8 Å². The van der Waals surface area contributed by atoms with E-state index in [1.54, 1.807) is 10.4 Å². The van der Waals surface area contributed by atoms with E-state index in [0.717, 1.165) is 24.1 Å². The van der Waals surface area contributed by atoms with Gasteiger partial charge in [0.2, 0.25) is 10.0 Å². The van der Waals surface area contributed by atoms with E-state index in [4.69, 9.17) is 10.5 Å². The fourth-order valence-corrected chi connectivity index (χ4v) is 7.17. The summed E-state index contributed by atoms with van der Waals surface area (Å²) in [4.78, 5) is 1.21. The minimum Gasteiger partial charge on any atom is -0.375 e. The molecule has 2 fully saturated rings. The second kappa shape index (κ2) is 5.66. The summed E-state index contributed by atoms with van der Waals surface area (Å²) in [6.07, 6.45) is 2.93. The van der Waals surface area contributed by atoms with Crippen LogP contribution in [0.4, 0.5) is 0 Å². The quantitative estimate of drug-likeness (QED) is 0.868. The van der Waals surface area contributed by atoms with Crippen LogP contribution in [0.5, 0.6) is 0 Å². The standard InChI is InChI=1S/C12H17BrN2O3S2/c13-12-11(6-8(7-14)19-12)20(16,17)15-4-5-18-10-3-1-2-9(10)15/h6,9-10H,1-5,7,14H2. The maximum absolute atomic E-state index is 12.9. The van der Waals surface area contributed by atoms with Crippen LogP contribution in [-0.2, 0) is 21.3 Å². The highest BCUT2D eigenvalue weighted by molar-refractivity contribution is 9.11. The van der Waals surface area contributed by atoms with Crippen LogP contribution in [0.15, 0.2) is 14.7 Å². The number of nitrogens with two attached hydrogens (primary N) is 1. The summed E-state index contributed by atoms with van der Waals surface area (Å²) < 4.78 is 33.7. The van der Waals surface area contributed by atoms with E-state index in [-0.39, 0.29) is 12.1 Å². The van der Waals surface area contributed by atoms with Crippen LogP contribution < -0.4 is 5.73 Å². The molecule has 2 N–H and O–H groups in total. The molecule has 0 amide bonds. The van der Waals surface area contributed by atoms with Crippen molar-refractivity contribution in [3.8, 4) is 0 Å². The van der Waals surface area contributed by atoms with E-state index in [1.807, 2.05) is 0 Å². The van der Waals surface area contributed by atoms with Crippen molar-refractivity contribution in [1.82, 2.24) is 4.31 Å². The lowest BCUT2D eigenvalue weighted by molar-refractivity contribution is -0.0241. The monoisotopic (exact) mass is 380 g/mol. The zero-order valence-electron chi connectivity index (χ0n) is 10.9. The molecule has 1 saturated carbocycles. The summed E-state index contributed by atoms with van der Waals surface area (Å²) in [5, 5.41) is 0. The van der Waals surface area contributed by atoms with Gasteiger partial charge in [-0.2, -0.15) is 4.31 Å². The molecular weight excluding hydrogens is 364 g/mol. The second-order valence-corrected chi connectivity index (χ2v) is 9.39. The first kappa shape index (κ1) is 14.9. The molecule has 1 aromatic heterocycles. The highest BCUT2D eigenvalue weighted by Gasteiger charge is 2.43. The summed E-state index contributed by atoms with van der Waals surface area (Å²) in [7, 11) is -3.47. The number of hydrogen-bond donors (Lipinski definition) is 1. The zero-order chi connectivity index (χ0) is 14.3. The van der Waals surface area contributed by atoms with Crippen molar-refractivity contribution < 1.29 is 13.2 Å². The van der Waals surface area contributed by atoms with Crippen molar-refractivity contribution in [1.29, 1.82) is 0 Å². The van der Waals surface area contributed by atoms with Crippen LogP contribution in [0, 0.1) is 0 Å². The Balaban J connectivity index is 1.96. The normalized spacial score (nSPS) is 27.7. The maximum atomic E-state index is 12.9. The first-order valence-corrected chi connectivity index (χ1v) is 9.70. The number of thiophene rings is 1. The van der Waals surface area contributed by atoms with Gasteiger partial charge in [-0.1, -0.05) is 0 Å².